The number of benzene rings is 7. The van der Waals surface area contributed by atoms with Gasteiger partial charge in [0.2, 0.25) is 0 Å². The zero-order valence-corrected chi connectivity index (χ0v) is 28.7. The number of hydrogen-bond donors (Lipinski definition) is 0. The minimum Gasteiger partial charge on any atom is -0.310 e. The molecular formula is C47H41N. The molecule has 48 heavy (non-hydrogen) atoms. The number of fused-ring (bicyclic) bond motifs is 9. The maximum Gasteiger partial charge on any atom is 0.0468 e. The number of anilines is 3. The van der Waals surface area contributed by atoms with E-state index < -0.39 is 0 Å². The predicted molar refractivity (Wildman–Crippen MR) is 205 cm³/mol. The molecule has 0 aliphatic heterocycles. The molecule has 0 radical (unpaired) electrons. The second kappa shape index (κ2) is 9.94. The summed E-state index contributed by atoms with van der Waals surface area (Å²) < 4.78 is 0. The van der Waals surface area contributed by atoms with Gasteiger partial charge in [0.1, 0.15) is 0 Å². The Labute approximate surface area is 284 Å². The highest BCUT2D eigenvalue weighted by molar-refractivity contribution is 6.10. The lowest BCUT2D eigenvalue weighted by Gasteiger charge is -2.48. The van der Waals surface area contributed by atoms with Crippen LogP contribution in [0, 0.1) is 0 Å². The van der Waals surface area contributed by atoms with Crippen LogP contribution >= 0.6 is 0 Å². The third-order valence-electron chi connectivity index (χ3n) is 12.2. The van der Waals surface area contributed by atoms with Gasteiger partial charge in [-0.25, -0.2) is 0 Å². The Hall–Kier alpha value is -5.14. The van der Waals surface area contributed by atoms with Gasteiger partial charge in [-0.1, -0.05) is 133 Å². The molecule has 0 heterocycles. The highest BCUT2D eigenvalue weighted by Gasteiger charge is 2.45. The number of rotatable bonds is 3. The second-order valence-corrected chi connectivity index (χ2v) is 15.5. The Bertz CT molecular complexity index is 2430. The van der Waals surface area contributed by atoms with E-state index in [0.717, 1.165) is 11.4 Å². The molecule has 0 saturated carbocycles. The SMILES string of the molecule is CC1(C)c2ccccc2-c2ccc(N(c3ccccc3)c3ccc4c(ccc5cc6c(cc54)-c4ccccc4C(C)(C)C6(C)C)c3)cc21. The first-order valence-electron chi connectivity index (χ1n) is 17.3. The van der Waals surface area contributed by atoms with Crippen LogP contribution in [0.2, 0.25) is 0 Å². The van der Waals surface area contributed by atoms with Crippen molar-refractivity contribution in [3.8, 4) is 22.3 Å². The van der Waals surface area contributed by atoms with E-state index in [1.54, 1.807) is 0 Å². The largest absolute Gasteiger partial charge is 0.310 e. The zero-order valence-electron chi connectivity index (χ0n) is 28.7. The number of nitrogens with zero attached hydrogens (tertiary/aromatic N) is 1. The minimum absolute atomic E-state index is 0.00826. The monoisotopic (exact) mass is 619 g/mol. The van der Waals surface area contributed by atoms with Gasteiger partial charge in [0.05, 0.1) is 0 Å². The van der Waals surface area contributed by atoms with Gasteiger partial charge in [-0.15, -0.1) is 0 Å². The van der Waals surface area contributed by atoms with Crippen molar-refractivity contribution in [2.45, 2.75) is 57.8 Å². The van der Waals surface area contributed by atoms with E-state index >= 15 is 0 Å². The van der Waals surface area contributed by atoms with Crippen LogP contribution in [0.3, 0.4) is 0 Å². The van der Waals surface area contributed by atoms with Gasteiger partial charge in [0.15, 0.2) is 0 Å². The lowest BCUT2D eigenvalue weighted by Crippen LogP contribution is -2.43. The number of para-hydroxylation sites is 1. The Morgan fingerprint density at radius 1 is 0.354 bits per heavy atom. The molecule has 0 unspecified atom stereocenters. The van der Waals surface area contributed by atoms with Crippen molar-refractivity contribution in [1.29, 1.82) is 0 Å². The van der Waals surface area contributed by atoms with Gasteiger partial charge in [-0.05, 0) is 125 Å². The van der Waals surface area contributed by atoms with Crippen molar-refractivity contribution in [3.05, 3.63) is 162 Å². The molecule has 7 aromatic rings. The van der Waals surface area contributed by atoms with Gasteiger partial charge in [-0.3, -0.25) is 0 Å². The maximum absolute atomic E-state index is 2.47. The maximum atomic E-state index is 2.47. The van der Waals surface area contributed by atoms with Crippen LogP contribution in [0.4, 0.5) is 17.1 Å². The molecule has 1 nitrogen and oxygen atoms in total. The Morgan fingerprint density at radius 3 is 1.67 bits per heavy atom. The summed E-state index contributed by atoms with van der Waals surface area (Å²) in [5, 5.41) is 5.15. The first-order chi connectivity index (χ1) is 23.1. The Morgan fingerprint density at radius 2 is 0.917 bits per heavy atom. The number of hydrogen-bond acceptors (Lipinski definition) is 1. The summed E-state index contributed by atoms with van der Waals surface area (Å²) in [6, 6.07) is 52.3. The summed E-state index contributed by atoms with van der Waals surface area (Å²) in [5.74, 6) is 0. The van der Waals surface area contributed by atoms with Crippen LogP contribution < -0.4 is 4.90 Å². The van der Waals surface area contributed by atoms with Crippen LogP contribution in [0.1, 0.15) is 63.8 Å². The molecule has 0 saturated heterocycles. The van der Waals surface area contributed by atoms with E-state index in [1.807, 2.05) is 0 Å². The molecule has 9 rings (SSSR count). The molecule has 0 amide bonds. The van der Waals surface area contributed by atoms with Gasteiger partial charge < -0.3 is 4.90 Å². The predicted octanol–water partition coefficient (Wildman–Crippen LogP) is 13.0. The first-order valence-corrected chi connectivity index (χ1v) is 17.3. The molecule has 0 bridgehead atoms. The standard InChI is InChI=1S/C47H41N/c1-45(2)41-18-12-10-16-36(41)38-25-23-34(28-43(38)45)48(32-14-8-7-9-15-32)33-22-24-35-30(26-33)20-21-31-27-44-40(29-39(31)35)37-17-11-13-19-42(37)46(3,4)47(44,5)6/h7-29H,1-6H3. The third-order valence-corrected chi connectivity index (χ3v) is 12.2. The quantitative estimate of drug-likeness (QED) is 0.178. The van der Waals surface area contributed by atoms with Crippen LogP contribution in [-0.4, -0.2) is 0 Å². The van der Waals surface area contributed by atoms with Crippen LogP contribution in [0.5, 0.6) is 0 Å². The van der Waals surface area contributed by atoms with E-state index in [0.29, 0.717) is 0 Å². The fraction of sp³-hybridized carbons (Fsp3) is 0.191. The summed E-state index contributed by atoms with van der Waals surface area (Å²) in [4.78, 5) is 2.41. The van der Waals surface area contributed by atoms with Gasteiger partial charge in [0.25, 0.3) is 0 Å². The molecular weight excluding hydrogens is 579 g/mol. The van der Waals surface area contributed by atoms with Crippen molar-refractivity contribution >= 4 is 38.6 Å². The van der Waals surface area contributed by atoms with E-state index in [9.17, 15) is 0 Å². The molecule has 0 atom stereocenters. The van der Waals surface area contributed by atoms with Crippen molar-refractivity contribution in [3.63, 3.8) is 0 Å². The summed E-state index contributed by atoms with van der Waals surface area (Å²) in [7, 11) is 0. The van der Waals surface area contributed by atoms with E-state index in [2.05, 4.69) is 186 Å². The van der Waals surface area contributed by atoms with Crippen LogP contribution in [0.15, 0.2) is 140 Å². The average Bonchev–Trinajstić information content (AvgIpc) is 3.33. The molecule has 2 aliphatic carbocycles. The second-order valence-electron chi connectivity index (χ2n) is 15.5. The van der Waals surface area contributed by atoms with Crippen molar-refractivity contribution in [2.75, 3.05) is 4.90 Å². The fourth-order valence-electron chi connectivity index (χ4n) is 8.77. The normalized spacial score (nSPS) is 16.2. The van der Waals surface area contributed by atoms with Crippen molar-refractivity contribution in [1.82, 2.24) is 0 Å². The highest BCUT2D eigenvalue weighted by Crippen LogP contribution is 2.55. The Balaban J connectivity index is 1.22. The molecule has 7 aromatic carbocycles. The minimum atomic E-state index is -0.0614. The molecule has 2 aliphatic rings. The molecule has 0 aromatic heterocycles. The highest BCUT2D eigenvalue weighted by atomic mass is 15.1. The third kappa shape index (κ3) is 3.91. The smallest absolute Gasteiger partial charge is 0.0468 e. The molecule has 1 heteroatoms. The first kappa shape index (κ1) is 29.0. The van der Waals surface area contributed by atoms with Crippen molar-refractivity contribution in [2.24, 2.45) is 0 Å². The van der Waals surface area contributed by atoms with Crippen LogP contribution in [0.25, 0.3) is 43.8 Å². The van der Waals surface area contributed by atoms with Crippen LogP contribution in [-0.2, 0) is 16.2 Å². The molecule has 0 fully saturated rings. The van der Waals surface area contributed by atoms with Gasteiger partial charge in [-0.2, -0.15) is 0 Å². The summed E-state index contributed by atoms with van der Waals surface area (Å²) >= 11 is 0. The summed E-state index contributed by atoms with van der Waals surface area (Å²) in [6.45, 7) is 14.3. The lowest BCUT2D eigenvalue weighted by atomic mass is 9.55. The van der Waals surface area contributed by atoms with Gasteiger partial charge >= 0.3 is 0 Å². The van der Waals surface area contributed by atoms with Crippen molar-refractivity contribution < 1.29 is 0 Å². The summed E-state index contributed by atoms with van der Waals surface area (Å²) in [6.07, 6.45) is 0. The van der Waals surface area contributed by atoms with E-state index in [-0.39, 0.29) is 16.2 Å². The topological polar surface area (TPSA) is 3.24 Å². The molecule has 0 N–H and O–H groups in total. The fourth-order valence-corrected chi connectivity index (χ4v) is 8.77. The zero-order chi connectivity index (χ0) is 33.0. The molecule has 234 valence electrons. The average molecular weight is 620 g/mol. The van der Waals surface area contributed by atoms with Gasteiger partial charge in [0, 0.05) is 22.5 Å². The van der Waals surface area contributed by atoms with E-state index in [4.69, 9.17) is 0 Å². The molecule has 0 spiro atoms. The lowest BCUT2D eigenvalue weighted by molar-refractivity contribution is 0.299. The Kier molecular flexibility index (Phi) is 6.01. The summed E-state index contributed by atoms with van der Waals surface area (Å²) in [5.41, 5.74) is 14.5. The van der Waals surface area contributed by atoms with E-state index in [1.165, 1.54) is 71.7 Å².